The quantitative estimate of drug-likeness (QED) is 0.442. The number of likely N-dealkylation sites (N-methyl/N-ethyl adjacent to an activating group) is 1. The van der Waals surface area contributed by atoms with Crippen molar-refractivity contribution < 1.29 is 18.0 Å². The summed E-state index contributed by atoms with van der Waals surface area (Å²) in [5, 5.41) is 2.97. The molecule has 1 N–H and O–H groups in total. The summed E-state index contributed by atoms with van der Waals surface area (Å²) < 4.78 is 28.2. The molecule has 0 heterocycles. The maximum Gasteiger partial charge on any atom is 0.264 e. The maximum atomic E-state index is 13.6. The zero-order valence-electron chi connectivity index (χ0n) is 19.2. The molecule has 3 rings (SSSR count). The Bertz CT molecular complexity index is 1270. The molecule has 7 nitrogen and oxygen atoms in total. The largest absolute Gasteiger partial charge is 0.357 e. The zero-order chi connectivity index (χ0) is 25.6. The normalized spacial score (nSPS) is 12.0. The highest BCUT2D eigenvalue weighted by Crippen LogP contribution is 2.30. The Morgan fingerprint density at radius 3 is 2.00 bits per heavy atom. The lowest BCUT2D eigenvalue weighted by Gasteiger charge is -2.31. The number of amides is 2. The molecule has 0 fully saturated rings. The van der Waals surface area contributed by atoms with Crippen molar-refractivity contribution in [2.24, 2.45) is 0 Å². The molecule has 0 radical (unpaired) electrons. The van der Waals surface area contributed by atoms with E-state index in [4.69, 9.17) is 23.2 Å². The van der Waals surface area contributed by atoms with E-state index < -0.39 is 28.5 Å². The number of anilines is 1. The lowest BCUT2D eigenvalue weighted by Crippen LogP contribution is -2.50. The van der Waals surface area contributed by atoms with Gasteiger partial charge in [0.2, 0.25) is 11.8 Å². The number of carbonyl (C=O) groups excluding carboxylic acids is 2. The second kappa shape index (κ2) is 11.6. The second-order valence-corrected chi connectivity index (χ2v) is 10.5. The number of carbonyl (C=O) groups is 2. The summed E-state index contributed by atoms with van der Waals surface area (Å²) >= 11 is 12.3. The average molecular weight is 534 g/mol. The van der Waals surface area contributed by atoms with E-state index in [1.807, 2.05) is 30.3 Å². The molecule has 0 saturated heterocycles. The van der Waals surface area contributed by atoms with Crippen LogP contribution in [-0.2, 0) is 26.2 Å². The van der Waals surface area contributed by atoms with E-state index in [0.717, 1.165) is 9.87 Å². The summed E-state index contributed by atoms with van der Waals surface area (Å²) in [7, 11) is -2.70. The minimum absolute atomic E-state index is 0.00198. The van der Waals surface area contributed by atoms with E-state index in [9.17, 15) is 18.0 Å². The standard InChI is InChI=1S/C25H25Cl2N3O4S/c1-18(25(32)28-2)29(16-19-9-5-3-6-10-19)24(31)17-30(22-14-20(26)13-21(27)15-22)35(33,34)23-11-7-4-8-12-23/h3-15,18H,16-17H2,1-2H3,(H,28,32)/t18-/m1/s1. The van der Waals surface area contributed by atoms with Gasteiger partial charge in [-0.05, 0) is 42.8 Å². The number of nitrogens with zero attached hydrogens (tertiary/aromatic N) is 2. The molecule has 0 aliphatic rings. The monoisotopic (exact) mass is 533 g/mol. The van der Waals surface area contributed by atoms with Gasteiger partial charge in [0.25, 0.3) is 10.0 Å². The molecule has 1 atom stereocenters. The van der Waals surface area contributed by atoms with Crippen molar-refractivity contribution >= 4 is 50.7 Å². The van der Waals surface area contributed by atoms with Crippen LogP contribution in [0.5, 0.6) is 0 Å². The first kappa shape index (κ1) is 26.5. The van der Waals surface area contributed by atoms with Gasteiger partial charge in [-0.25, -0.2) is 8.42 Å². The summed E-state index contributed by atoms with van der Waals surface area (Å²) in [6.45, 7) is 1.14. The van der Waals surface area contributed by atoms with Crippen LogP contribution in [0.4, 0.5) is 5.69 Å². The molecule has 2 amide bonds. The summed E-state index contributed by atoms with van der Waals surface area (Å²) in [6.07, 6.45) is 0. The van der Waals surface area contributed by atoms with Crippen LogP contribution in [0.25, 0.3) is 0 Å². The molecule has 0 aromatic heterocycles. The maximum absolute atomic E-state index is 13.6. The van der Waals surface area contributed by atoms with Crippen LogP contribution in [0.3, 0.4) is 0 Å². The Labute approximate surface area is 215 Å². The van der Waals surface area contributed by atoms with Crippen molar-refractivity contribution in [2.75, 3.05) is 17.9 Å². The third-order valence-electron chi connectivity index (χ3n) is 5.35. The molecular formula is C25H25Cl2N3O4S. The van der Waals surface area contributed by atoms with E-state index in [1.54, 1.807) is 25.1 Å². The minimum Gasteiger partial charge on any atom is -0.357 e. The van der Waals surface area contributed by atoms with Gasteiger partial charge in [-0.2, -0.15) is 0 Å². The Morgan fingerprint density at radius 1 is 0.914 bits per heavy atom. The first-order valence-corrected chi connectivity index (χ1v) is 12.9. The van der Waals surface area contributed by atoms with Gasteiger partial charge in [-0.3, -0.25) is 13.9 Å². The molecular weight excluding hydrogens is 509 g/mol. The number of nitrogens with one attached hydrogen (secondary N) is 1. The second-order valence-electron chi connectivity index (χ2n) is 7.75. The smallest absolute Gasteiger partial charge is 0.264 e. The van der Waals surface area contributed by atoms with Gasteiger partial charge in [0.15, 0.2) is 0 Å². The molecule has 0 bridgehead atoms. The fraction of sp³-hybridized carbons (Fsp3) is 0.200. The molecule has 3 aromatic rings. The molecule has 0 saturated carbocycles. The highest BCUT2D eigenvalue weighted by atomic mass is 35.5. The molecule has 0 unspecified atom stereocenters. The third-order valence-corrected chi connectivity index (χ3v) is 7.58. The molecule has 3 aromatic carbocycles. The lowest BCUT2D eigenvalue weighted by atomic mass is 10.1. The van der Waals surface area contributed by atoms with E-state index in [2.05, 4.69) is 5.32 Å². The van der Waals surface area contributed by atoms with Crippen molar-refractivity contribution in [3.63, 3.8) is 0 Å². The van der Waals surface area contributed by atoms with Crippen LogP contribution in [0.2, 0.25) is 10.0 Å². The van der Waals surface area contributed by atoms with Gasteiger partial charge >= 0.3 is 0 Å². The Hall–Kier alpha value is -3.07. The summed E-state index contributed by atoms with van der Waals surface area (Å²) in [4.78, 5) is 27.4. The van der Waals surface area contributed by atoms with Crippen molar-refractivity contribution in [1.29, 1.82) is 0 Å². The van der Waals surface area contributed by atoms with Gasteiger partial charge in [0, 0.05) is 23.6 Å². The summed E-state index contributed by atoms with van der Waals surface area (Å²) in [5.41, 5.74) is 0.923. The molecule has 10 heteroatoms. The SMILES string of the molecule is CNC(=O)[C@@H](C)N(Cc1ccccc1)C(=O)CN(c1cc(Cl)cc(Cl)c1)S(=O)(=O)c1ccccc1. The number of sulfonamides is 1. The van der Waals surface area contributed by atoms with E-state index in [-0.39, 0.29) is 33.1 Å². The number of rotatable bonds is 9. The van der Waals surface area contributed by atoms with E-state index in [1.165, 1.54) is 42.3 Å². The highest BCUT2D eigenvalue weighted by molar-refractivity contribution is 7.92. The van der Waals surface area contributed by atoms with Crippen molar-refractivity contribution in [2.45, 2.75) is 24.4 Å². The van der Waals surface area contributed by atoms with Crippen LogP contribution in [0, 0.1) is 0 Å². The lowest BCUT2D eigenvalue weighted by molar-refractivity contribution is -0.139. The number of hydrogen-bond donors (Lipinski definition) is 1. The molecule has 184 valence electrons. The van der Waals surface area contributed by atoms with Gasteiger partial charge in [0.05, 0.1) is 10.6 Å². The summed E-state index contributed by atoms with van der Waals surface area (Å²) in [6, 6.07) is 20.3. The predicted octanol–water partition coefficient (Wildman–Crippen LogP) is 4.35. The Balaban J connectivity index is 2.05. The van der Waals surface area contributed by atoms with Crippen molar-refractivity contribution in [1.82, 2.24) is 10.2 Å². The van der Waals surface area contributed by atoms with Crippen LogP contribution in [0.1, 0.15) is 12.5 Å². The van der Waals surface area contributed by atoms with Gasteiger partial charge in [-0.1, -0.05) is 71.7 Å². The van der Waals surface area contributed by atoms with Gasteiger partial charge in [0.1, 0.15) is 12.6 Å². The fourth-order valence-corrected chi connectivity index (χ4v) is 5.44. The van der Waals surface area contributed by atoms with Crippen molar-refractivity contribution in [3.05, 3.63) is 94.5 Å². The van der Waals surface area contributed by atoms with Crippen LogP contribution < -0.4 is 9.62 Å². The molecule has 0 spiro atoms. The Morgan fingerprint density at radius 2 is 1.46 bits per heavy atom. The Kier molecular flexibility index (Phi) is 8.77. The fourth-order valence-electron chi connectivity index (χ4n) is 3.50. The van der Waals surface area contributed by atoms with E-state index >= 15 is 0 Å². The summed E-state index contributed by atoms with van der Waals surface area (Å²) in [5.74, 6) is -0.946. The third kappa shape index (κ3) is 6.54. The highest BCUT2D eigenvalue weighted by Gasteiger charge is 2.32. The number of benzene rings is 3. The topological polar surface area (TPSA) is 86.8 Å². The number of hydrogen-bond acceptors (Lipinski definition) is 4. The molecule has 35 heavy (non-hydrogen) atoms. The van der Waals surface area contributed by atoms with Crippen molar-refractivity contribution in [3.8, 4) is 0 Å². The van der Waals surface area contributed by atoms with Crippen LogP contribution >= 0.6 is 23.2 Å². The van der Waals surface area contributed by atoms with Crippen LogP contribution in [-0.4, -0.2) is 44.8 Å². The number of halogens is 2. The minimum atomic E-state index is -4.17. The average Bonchev–Trinajstić information content (AvgIpc) is 2.85. The molecule has 0 aliphatic carbocycles. The zero-order valence-corrected chi connectivity index (χ0v) is 21.5. The molecule has 0 aliphatic heterocycles. The van der Waals surface area contributed by atoms with Gasteiger partial charge < -0.3 is 10.2 Å². The predicted molar refractivity (Wildman–Crippen MR) is 138 cm³/mol. The van der Waals surface area contributed by atoms with Gasteiger partial charge in [-0.15, -0.1) is 0 Å². The first-order chi connectivity index (χ1) is 16.6. The van der Waals surface area contributed by atoms with Crippen LogP contribution in [0.15, 0.2) is 83.8 Å². The first-order valence-electron chi connectivity index (χ1n) is 10.7. The van der Waals surface area contributed by atoms with E-state index in [0.29, 0.717) is 0 Å².